The zero-order valence-corrected chi connectivity index (χ0v) is 19.2. The average molecular weight is 671 g/mol. The Kier molecular flexibility index (Phi) is 6.48. The Hall–Kier alpha value is -0.150. The average Bonchev–Trinajstić information content (AvgIpc) is 2.52. The molecule has 155 valence electrons. The van der Waals surface area contributed by atoms with Crippen LogP contribution in [0.2, 0.25) is 0 Å². The monoisotopic (exact) mass is 669 g/mol. The van der Waals surface area contributed by atoms with Crippen molar-refractivity contribution in [2.75, 3.05) is 0 Å². The molecular weight excluding hydrogens is 664 g/mol. The molecule has 1 aliphatic rings. The van der Waals surface area contributed by atoms with Crippen LogP contribution in [0.4, 0.5) is 30.7 Å². The molecule has 1 unspecified atom stereocenters. The van der Waals surface area contributed by atoms with Crippen molar-refractivity contribution >= 4 is 64.3 Å². The Balaban J connectivity index is 2.68. The number of benzene rings is 1. The van der Waals surface area contributed by atoms with Gasteiger partial charge in [-0.2, -0.15) is 30.7 Å². The van der Waals surface area contributed by atoms with Crippen molar-refractivity contribution in [3.05, 3.63) is 61.4 Å². The first-order chi connectivity index (χ1) is 12.5. The fraction of sp³-hybridized carbons (Fsp3) is 0.267. The van der Waals surface area contributed by atoms with Gasteiger partial charge in [0.1, 0.15) is 0 Å². The fourth-order valence-corrected chi connectivity index (χ4v) is 6.87. The highest BCUT2D eigenvalue weighted by Crippen LogP contribution is 2.53. The lowest BCUT2D eigenvalue weighted by Crippen LogP contribution is -2.56. The summed E-state index contributed by atoms with van der Waals surface area (Å²) in [5, 5.41) is -6.43. The summed E-state index contributed by atoms with van der Waals surface area (Å²) in [5.41, 5.74) is 0.360. The predicted octanol–water partition coefficient (Wildman–Crippen LogP) is 6.47. The van der Waals surface area contributed by atoms with Gasteiger partial charge in [-0.1, -0.05) is 50.1 Å². The van der Waals surface area contributed by atoms with Gasteiger partial charge in [-0.3, -0.25) is 0 Å². The number of allylic oxidation sites excluding steroid dienone is 3. The van der Waals surface area contributed by atoms with Gasteiger partial charge >= 0.3 is 17.4 Å². The van der Waals surface area contributed by atoms with E-state index in [9.17, 15) is 39.2 Å². The second-order valence-corrected chi connectivity index (χ2v) is 10.9. The van der Waals surface area contributed by atoms with E-state index in [-0.39, 0.29) is 4.48 Å². The molecule has 1 aromatic rings. The summed E-state index contributed by atoms with van der Waals surface area (Å²) in [7, 11) is -6.43. The quantitative estimate of drug-likeness (QED) is 0.209. The molecule has 0 saturated carbocycles. The minimum atomic E-state index is -6.79. The SMILES string of the molecule is O=S(=O)(C1=CC(Br)(c2ccccc2I)[CH]C(Br)=C1)C(F)(F)C(F)(F)C(F)(F)F. The Morgan fingerprint density at radius 3 is 2.04 bits per heavy atom. The molecular formula is C15H7Br2F7IO2S. The Labute approximate surface area is 185 Å². The molecule has 0 heterocycles. The van der Waals surface area contributed by atoms with Gasteiger partial charge in [0.2, 0.25) is 9.84 Å². The maximum absolute atomic E-state index is 14.0. The summed E-state index contributed by atoms with van der Waals surface area (Å²) >= 11 is 7.91. The van der Waals surface area contributed by atoms with Gasteiger partial charge in [0, 0.05) is 14.5 Å². The van der Waals surface area contributed by atoms with E-state index in [1.807, 2.05) is 22.6 Å². The summed E-state index contributed by atoms with van der Waals surface area (Å²) in [6.45, 7) is 0. The number of hydrogen-bond donors (Lipinski definition) is 0. The van der Waals surface area contributed by atoms with Crippen LogP contribution in [0.15, 0.2) is 45.8 Å². The van der Waals surface area contributed by atoms with E-state index in [1.165, 1.54) is 12.5 Å². The molecule has 2 rings (SSSR count). The highest BCUT2D eigenvalue weighted by Gasteiger charge is 2.79. The van der Waals surface area contributed by atoms with E-state index >= 15 is 0 Å². The summed E-state index contributed by atoms with van der Waals surface area (Å²) in [5.74, 6) is -6.79. The van der Waals surface area contributed by atoms with Gasteiger partial charge in [-0.15, -0.1) is 0 Å². The third-order valence-corrected chi connectivity index (χ3v) is 7.71. The predicted molar refractivity (Wildman–Crippen MR) is 104 cm³/mol. The molecule has 0 fully saturated rings. The molecule has 0 aromatic heterocycles. The zero-order valence-electron chi connectivity index (χ0n) is 13.0. The van der Waals surface area contributed by atoms with E-state index < -0.39 is 36.4 Å². The number of sulfone groups is 1. The summed E-state index contributed by atoms with van der Waals surface area (Å²) in [6, 6.07) is 6.29. The van der Waals surface area contributed by atoms with Gasteiger partial charge in [0.15, 0.2) is 0 Å². The minimum absolute atomic E-state index is 0.115. The van der Waals surface area contributed by atoms with Crippen molar-refractivity contribution < 1.29 is 39.2 Å². The van der Waals surface area contributed by atoms with Crippen LogP contribution in [0.25, 0.3) is 0 Å². The third kappa shape index (κ3) is 3.92. The van der Waals surface area contributed by atoms with Crippen molar-refractivity contribution in [3.8, 4) is 0 Å². The first-order valence-corrected chi connectivity index (χ1v) is 11.1. The lowest BCUT2D eigenvalue weighted by atomic mass is 9.92. The molecule has 2 nitrogen and oxygen atoms in total. The first kappa shape index (κ1) is 24.1. The van der Waals surface area contributed by atoms with Crippen LogP contribution in [0, 0.1) is 9.99 Å². The molecule has 0 bridgehead atoms. The normalized spacial score (nSPS) is 21.9. The highest BCUT2D eigenvalue weighted by molar-refractivity contribution is 14.1. The van der Waals surface area contributed by atoms with Gasteiger partial charge in [0.05, 0.1) is 9.23 Å². The first-order valence-electron chi connectivity index (χ1n) is 6.94. The Bertz CT molecular complexity index is 957. The number of halogens is 10. The maximum Gasteiger partial charge on any atom is 0.461 e. The molecule has 28 heavy (non-hydrogen) atoms. The van der Waals surface area contributed by atoms with Crippen LogP contribution in [0.1, 0.15) is 5.56 Å². The van der Waals surface area contributed by atoms with Crippen LogP contribution >= 0.6 is 54.5 Å². The van der Waals surface area contributed by atoms with Crippen LogP contribution in [-0.4, -0.2) is 25.8 Å². The highest BCUT2D eigenvalue weighted by atomic mass is 127. The molecule has 1 atom stereocenters. The molecule has 1 radical (unpaired) electrons. The van der Waals surface area contributed by atoms with Gasteiger partial charge < -0.3 is 0 Å². The van der Waals surface area contributed by atoms with E-state index in [0.717, 1.165) is 0 Å². The largest absolute Gasteiger partial charge is 0.461 e. The lowest BCUT2D eigenvalue weighted by molar-refractivity contribution is -0.331. The second kappa shape index (κ2) is 7.52. The molecule has 1 aliphatic carbocycles. The molecule has 0 saturated heterocycles. The van der Waals surface area contributed by atoms with E-state index in [2.05, 4.69) is 31.9 Å². The number of alkyl halides is 8. The molecule has 0 aliphatic heterocycles. The van der Waals surface area contributed by atoms with Gasteiger partial charge in [-0.05, 0) is 46.4 Å². The van der Waals surface area contributed by atoms with Crippen LogP contribution in [0.5, 0.6) is 0 Å². The lowest BCUT2D eigenvalue weighted by Gasteiger charge is -2.32. The molecule has 13 heteroatoms. The summed E-state index contributed by atoms with van der Waals surface area (Å²) in [6.07, 6.45) is -4.26. The van der Waals surface area contributed by atoms with E-state index in [0.29, 0.717) is 21.3 Å². The van der Waals surface area contributed by atoms with Crippen molar-refractivity contribution in [3.63, 3.8) is 0 Å². The zero-order chi connectivity index (χ0) is 21.8. The van der Waals surface area contributed by atoms with Crippen molar-refractivity contribution in [2.45, 2.75) is 21.7 Å². The van der Waals surface area contributed by atoms with Crippen LogP contribution in [0.3, 0.4) is 0 Å². The smallest absolute Gasteiger partial charge is 0.217 e. The minimum Gasteiger partial charge on any atom is -0.217 e. The topological polar surface area (TPSA) is 34.1 Å². The van der Waals surface area contributed by atoms with E-state index in [1.54, 1.807) is 18.2 Å². The van der Waals surface area contributed by atoms with Gasteiger partial charge in [0.25, 0.3) is 0 Å². The molecule has 0 spiro atoms. The Morgan fingerprint density at radius 1 is 1.00 bits per heavy atom. The molecule has 1 aromatic carbocycles. The van der Waals surface area contributed by atoms with Gasteiger partial charge in [-0.25, -0.2) is 8.42 Å². The fourth-order valence-electron chi connectivity index (χ4n) is 2.23. The molecule has 0 amide bonds. The summed E-state index contributed by atoms with van der Waals surface area (Å²) in [4.78, 5) is -1.40. The number of hydrogen-bond acceptors (Lipinski definition) is 2. The van der Waals surface area contributed by atoms with Crippen LogP contribution < -0.4 is 0 Å². The standard InChI is InChI=1S/C15H7Br2F7IO2S/c16-8-5-9(7-12(17,6-8)10-3-1-2-4-11(10)25)28(26,27)15(23,24)13(18,19)14(20,21)22/h1-7H. The van der Waals surface area contributed by atoms with Crippen molar-refractivity contribution in [1.82, 2.24) is 0 Å². The summed E-state index contributed by atoms with van der Waals surface area (Å²) < 4.78 is 115. The van der Waals surface area contributed by atoms with E-state index in [4.69, 9.17) is 0 Å². The van der Waals surface area contributed by atoms with Crippen molar-refractivity contribution in [2.24, 2.45) is 0 Å². The number of rotatable bonds is 4. The third-order valence-electron chi connectivity index (χ3n) is 3.64. The maximum atomic E-state index is 14.0. The van der Waals surface area contributed by atoms with Crippen molar-refractivity contribution in [1.29, 1.82) is 0 Å². The second-order valence-electron chi connectivity index (χ2n) is 5.56. The Morgan fingerprint density at radius 2 is 1.54 bits per heavy atom. The molecule has 0 N–H and O–H groups in total. The van der Waals surface area contributed by atoms with Crippen LogP contribution in [-0.2, 0) is 14.2 Å².